The molecule has 2 N–H and O–H groups in total. The molecule has 3 rings (SSSR count). The van der Waals surface area contributed by atoms with Gasteiger partial charge >= 0.3 is 0 Å². The molecule has 1 fully saturated rings. The summed E-state index contributed by atoms with van der Waals surface area (Å²) in [6.07, 6.45) is 0. The van der Waals surface area contributed by atoms with Crippen LogP contribution in [-0.4, -0.2) is 54.5 Å². The topological polar surface area (TPSA) is 34.3 Å². The van der Waals surface area contributed by atoms with E-state index in [2.05, 4.69) is 63.2 Å². The molecule has 1 aliphatic heterocycles. The van der Waals surface area contributed by atoms with Gasteiger partial charge in [-0.05, 0) is 43.4 Å². The van der Waals surface area contributed by atoms with Crippen molar-refractivity contribution < 1.29 is 0 Å². The molecule has 1 aromatic carbocycles. The Balaban J connectivity index is 1.75. The van der Waals surface area contributed by atoms with E-state index in [0.717, 1.165) is 31.9 Å². The van der Waals surface area contributed by atoms with Gasteiger partial charge < -0.3 is 15.2 Å². The molecule has 0 bridgehead atoms. The Hall–Kier alpha value is -1.43. The molecule has 1 aliphatic rings. The van der Waals surface area contributed by atoms with Crippen LogP contribution < -0.4 is 5.32 Å². The third-order valence-corrected chi connectivity index (χ3v) is 5.12. The summed E-state index contributed by atoms with van der Waals surface area (Å²) in [6.45, 7) is 6.61. The number of piperazine rings is 1. The minimum Gasteiger partial charge on any atom is -0.387 e. The molecule has 5 heteroatoms. The largest absolute Gasteiger partial charge is 0.387 e. The molecule has 0 amide bonds. The molecule has 22 heavy (non-hydrogen) atoms. The second-order valence-corrected chi connectivity index (χ2v) is 6.84. The summed E-state index contributed by atoms with van der Waals surface area (Å²) >= 11 is 1.81. The van der Waals surface area contributed by atoms with E-state index in [4.69, 9.17) is 0 Å². The van der Waals surface area contributed by atoms with Crippen LogP contribution in [0.15, 0.2) is 29.7 Å². The lowest BCUT2D eigenvalue weighted by molar-refractivity contribution is 0.234. The van der Waals surface area contributed by atoms with Gasteiger partial charge in [0.2, 0.25) is 0 Å². The minimum absolute atomic E-state index is 1.11. The van der Waals surface area contributed by atoms with Gasteiger partial charge in [-0.3, -0.25) is 0 Å². The molecule has 118 valence electrons. The fourth-order valence-corrected chi connectivity index (χ4v) is 3.61. The Kier molecular flexibility index (Phi) is 4.76. The number of hydrogen-bond acceptors (Lipinski definition) is 4. The van der Waals surface area contributed by atoms with Gasteiger partial charge in [-0.2, -0.15) is 0 Å². The summed E-state index contributed by atoms with van der Waals surface area (Å²) in [7, 11) is 4.17. The number of aromatic amines is 1. The van der Waals surface area contributed by atoms with E-state index in [1.165, 1.54) is 22.2 Å². The van der Waals surface area contributed by atoms with Crippen molar-refractivity contribution in [3.8, 4) is 0 Å². The Morgan fingerprint density at radius 1 is 1.23 bits per heavy atom. The van der Waals surface area contributed by atoms with Gasteiger partial charge in [0.1, 0.15) is 0 Å². The van der Waals surface area contributed by atoms with Gasteiger partial charge in [0.25, 0.3) is 0 Å². The number of aryl methyl sites for hydroxylation is 1. The fourth-order valence-electron chi connectivity index (χ4n) is 2.73. The maximum Gasteiger partial charge on any atom is 0.0489 e. The van der Waals surface area contributed by atoms with Crippen molar-refractivity contribution in [1.29, 1.82) is 0 Å². The standard InChI is InChI=1S/C17H24N4S/c1-13-10-14-4-5-15(11-16(14)19-13)17(18-2)12-22-21-8-6-20(3)7-9-21/h4-5,10-12,18-19H,6-9H2,1-3H3/b17-12-. The van der Waals surface area contributed by atoms with E-state index >= 15 is 0 Å². The van der Waals surface area contributed by atoms with Crippen molar-refractivity contribution in [3.05, 3.63) is 40.9 Å². The number of likely N-dealkylation sites (N-methyl/N-ethyl adjacent to an activating group) is 1. The molecule has 2 aromatic rings. The van der Waals surface area contributed by atoms with Crippen LogP contribution in [0.2, 0.25) is 0 Å². The van der Waals surface area contributed by atoms with Crippen molar-refractivity contribution in [2.24, 2.45) is 0 Å². The molecule has 2 heterocycles. The summed E-state index contributed by atoms with van der Waals surface area (Å²) in [4.78, 5) is 5.79. The van der Waals surface area contributed by atoms with Crippen molar-refractivity contribution >= 4 is 28.5 Å². The van der Waals surface area contributed by atoms with Gasteiger partial charge in [0.05, 0.1) is 0 Å². The maximum absolute atomic E-state index is 3.41. The molecular weight excluding hydrogens is 292 g/mol. The van der Waals surface area contributed by atoms with E-state index in [1.54, 1.807) is 0 Å². The average Bonchev–Trinajstić information content (AvgIpc) is 2.89. The molecule has 0 unspecified atom stereocenters. The van der Waals surface area contributed by atoms with Crippen molar-refractivity contribution in [1.82, 2.24) is 19.5 Å². The third kappa shape index (κ3) is 3.48. The Morgan fingerprint density at radius 3 is 2.73 bits per heavy atom. The highest BCUT2D eigenvalue weighted by Gasteiger charge is 2.13. The Morgan fingerprint density at radius 2 is 2.00 bits per heavy atom. The van der Waals surface area contributed by atoms with Crippen LogP contribution in [0.5, 0.6) is 0 Å². The van der Waals surface area contributed by atoms with E-state index in [1.807, 2.05) is 19.0 Å². The second-order valence-electron chi connectivity index (χ2n) is 5.87. The molecular formula is C17H24N4S. The molecule has 1 aromatic heterocycles. The lowest BCUT2D eigenvalue weighted by Gasteiger charge is -2.30. The lowest BCUT2D eigenvalue weighted by atomic mass is 10.1. The van der Waals surface area contributed by atoms with Crippen LogP contribution >= 0.6 is 11.9 Å². The number of rotatable bonds is 4. The smallest absolute Gasteiger partial charge is 0.0489 e. The van der Waals surface area contributed by atoms with Crippen molar-refractivity contribution in [2.75, 3.05) is 40.3 Å². The predicted octanol–water partition coefficient (Wildman–Crippen LogP) is 2.89. The molecule has 0 aliphatic carbocycles. The highest BCUT2D eigenvalue weighted by Crippen LogP contribution is 2.23. The SMILES string of the molecule is CN/C(=C\SN1CCN(C)CC1)c1ccc2cc(C)[nH]c2c1. The fraction of sp³-hybridized carbons (Fsp3) is 0.412. The Labute approximate surface area is 136 Å². The molecule has 4 nitrogen and oxygen atoms in total. The average molecular weight is 316 g/mol. The number of aromatic nitrogens is 1. The van der Waals surface area contributed by atoms with Crippen molar-refractivity contribution in [2.45, 2.75) is 6.92 Å². The monoisotopic (exact) mass is 316 g/mol. The first-order valence-corrected chi connectivity index (χ1v) is 8.57. The summed E-state index contributed by atoms with van der Waals surface area (Å²) in [5.41, 5.74) is 4.78. The number of fused-ring (bicyclic) bond motifs is 1. The lowest BCUT2D eigenvalue weighted by Crippen LogP contribution is -2.40. The first-order chi connectivity index (χ1) is 10.7. The first kappa shape index (κ1) is 15.5. The van der Waals surface area contributed by atoms with Crippen LogP contribution in [0.3, 0.4) is 0 Å². The molecule has 1 saturated heterocycles. The highest BCUT2D eigenvalue weighted by molar-refractivity contribution is 8.00. The third-order valence-electron chi connectivity index (χ3n) is 4.12. The van der Waals surface area contributed by atoms with Gasteiger partial charge in [-0.1, -0.05) is 12.1 Å². The molecule has 0 saturated carbocycles. The van der Waals surface area contributed by atoms with E-state index in [0.29, 0.717) is 0 Å². The van der Waals surface area contributed by atoms with Crippen molar-refractivity contribution in [3.63, 3.8) is 0 Å². The van der Waals surface area contributed by atoms with Gasteiger partial charge in [0.15, 0.2) is 0 Å². The Bertz CT molecular complexity index is 668. The zero-order valence-electron chi connectivity index (χ0n) is 13.5. The maximum atomic E-state index is 3.41. The van der Waals surface area contributed by atoms with Crippen LogP contribution in [0.25, 0.3) is 16.6 Å². The molecule has 0 radical (unpaired) electrons. The summed E-state index contributed by atoms with van der Waals surface area (Å²) in [5.74, 6) is 0. The van der Waals surface area contributed by atoms with E-state index in [9.17, 15) is 0 Å². The van der Waals surface area contributed by atoms with E-state index in [-0.39, 0.29) is 0 Å². The normalized spacial score (nSPS) is 18.0. The number of nitrogens with one attached hydrogen (secondary N) is 2. The summed E-state index contributed by atoms with van der Waals surface area (Å²) in [5, 5.41) is 6.82. The predicted molar refractivity (Wildman–Crippen MR) is 96.7 cm³/mol. The zero-order valence-corrected chi connectivity index (χ0v) is 14.3. The number of nitrogens with zero attached hydrogens (tertiary/aromatic N) is 2. The van der Waals surface area contributed by atoms with Gasteiger partial charge in [0, 0.05) is 61.1 Å². The van der Waals surface area contributed by atoms with Crippen LogP contribution in [0.1, 0.15) is 11.3 Å². The molecule has 0 atom stereocenters. The molecule has 0 spiro atoms. The highest BCUT2D eigenvalue weighted by atomic mass is 32.2. The second kappa shape index (κ2) is 6.77. The van der Waals surface area contributed by atoms with Gasteiger partial charge in [-0.15, -0.1) is 0 Å². The summed E-state index contributed by atoms with van der Waals surface area (Å²) < 4.78 is 2.43. The van der Waals surface area contributed by atoms with Crippen LogP contribution in [0, 0.1) is 6.92 Å². The zero-order chi connectivity index (χ0) is 15.5. The first-order valence-electron chi connectivity index (χ1n) is 7.73. The van der Waals surface area contributed by atoms with Gasteiger partial charge in [-0.25, -0.2) is 4.31 Å². The number of hydrogen-bond donors (Lipinski definition) is 2. The number of benzene rings is 1. The van der Waals surface area contributed by atoms with Crippen LogP contribution in [-0.2, 0) is 0 Å². The minimum atomic E-state index is 1.11. The van der Waals surface area contributed by atoms with Crippen LogP contribution in [0.4, 0.5) is 0 Å². The van der Waals surface area contributed by atoms with E-state index < -0.39 is 0 Å². The quantitative estimate of drug-likeness (QED) is 0.850. The summed E-state index contributed by atoms with van der Waals surface area (Å²) in [6, 6.07) is 8.76. The number of H-pyrrole nitrogens is 1.